The van der Waals surface area contributed by atoms with E-state index in [1.165, 1.54) is 64.2 Å². The van der Waals surface area contributed by atoms with E-state index in [-0.39, 0.29) is 0 Å². The van der Waals surface area contributed by atoms with E-state index in [4.69, 9.17) is 5.11 Å². The molecule has 1 nitrogen and oxygen atoms in total. The average molecular weight is 361 g/mol. The molecule has 8 atom stereocenters. The van der Waals surface area contributed by atoms with Gasteiger partial charge >= 0.3 is 0 Å². The van der Waals surface area contributed by atoms with Crippen molar-refractivity contribution in [2.45, 2.75) is 104 Å². The molecule has 0 radical (unpaired) electrons. The van der Waals surface area contributed by atoms with E-state index in [0.717, 1.165) is 41.9 Å². The van der Waals surface area contributed by atoms with Crippen molar-refractivity contribution >= 4 is 0 Å². The highest BCUT2D eigenvalue weighted by Crippen LogP contribution is 2.68. The minimum Gasteiger partial charge on any atom is -0.396 e. The SMILES string of the molecule is CC(CCCCO)[C@H]1CC[C@H]2[C@@H]3CCC4CCCC[C@]4(C)[C@H]3CC[C@]12C. The van der Waals surface area contributed by atoms with E-state index >= 15 is 0 Å². The van der Waals surface area contributed by atoms with Gasteiger partial charge in [0.2, 0.25) is 0 Å². The Morgan fingerprint density at radius 3 is 2.46 bits per heavy atom. The Labute approximate surface area is 162 Å². The maximum atomic E-state index is 9.13. The highest BCUT2D eigenvalue weighted by Gasteiger charge is 2.59. The van der Waals surface area contributed by atoms with E-state index in [2.05, 4.69) is 20.8 Å². The van der Waals surface area contributed by atoms with E-state index in [0.29, 0.717) is 17.4 Å². The largest absolute Gasteiger partial charge is 0.396 e. The number of aliphatic hydroxyl groups is 1. The van der Waals surface area contributed by atoms with Gasteiger partial charge in [-0.3, -0.25) is 0 Å². The number of hydrogen-bond donors (Lipinski definition) is 1. The molecular weight excluding hydrogens is 316 g/mol. The standard InChI is InChI=1S/C25H44O/c1-18(8-5-7-17-26)21-12-13-22-20-11-10-19-9-4-6-15-24(19,2)23(20)14-16-25(21,22)3/h18-23,26H,4-17H2,1-3H3/t18?,19?,20-,21+,22-,23-,24-,25+/m0/s1. The Morgan fingerprint density at radius 1 is 0.846 bits per heavy atom. The molecule has 0 aromatic carbocycles. The smallest absolute Gasteiger partial charge is 0.0431 e. The molecule has 1 heteroatoms. The summed E-state index contributed by atoms with van der Waals surface area (Å²) in [6, 6.07) is 0. The lowest BCUT2D eigenvalue weighted by atomic mass is 9.44. The summed E-state index contributed by atoms with van der Waals surface area (Å²) < 4.78 is 0. The first-order valence-corrected chi connectivity index (χ1v) is 12.1. The molecule has 2 unspecified atom stereocenters. The third-order valence-electron chi connectivity index (χ3n) is 10.4. The molecule has 150 valence electrons. The van der Waals surface area contributed by atoms with Crippen LogP contribution in [0, 0.1) is 46.3 Å². The van der Waals surface area contributed by atoms with Crippen LogP contribution in [0.5, 0.6) is 0 Å². The molecule has 0 heterocycles. The molecule has 0 spiro atoms. The summed E-state index contributed by atoms with van der Waals surface area (Å²) in [5.41, 5.74) is 1.31. The lowest BCUT2D eigenvalue weighted by Crippen LogP contribution is -2.53. The van der Waals surface area contributed by atoms with Crippen LogP contribution in [0.25, 0.3) is 0 Å². The van der Waals surface area contributed by atoms with Gasteiger partial charge in [-0.2, -0.15) is 0 Å². The first kappa shape index (κ1) is 19.3. The Morgan fingerprint density at radius 2 is 1.65 bits per heavy atom. The van der Waals surface area contributed by atoms with Crippen molar-refractivity contribution in [3.63, 3.8) is 0 Å². The topological polar surface area (TPSA) is 20.2 Å². The van der Waals surface area contributed by atoms with Gasteiger partial charge in [-0.25, -0.2) is 0 Å². The molecule has 4 saturated carbocycles. The van der Waals surface area contributed by atoms with Gasteiger partial charge in [0.1, 0.15) is 0 Å². The second-order valence-electron chi connectivity index (χ2n) is 11.3. The number of aliphatic hydroxyl groups excluding tert-OH is 1. The molecule has 0 amide bonds. The maximum Gasteiger partial charge on any atom is 0.0431 e. The molecule has 0 aromatic rings. The van der Waals surface area contributed by atoms with E-state index in [1.807, 2.05) is 0 Å². The molecule has 0 aromatic heterocycles. The van der Waals surface area contributed by atoms with Crippen molar-refractivity contribution in [2.24, 2.45) is 46.3 Å². The normalized spacial score (nSPS) is 49.2. The van der Waals surface area contributed by atoms with Crippen LogP contribution >= 0.6 is 0 Å². The maximum absolute atomic E-state index is 9.13. The van der Waals surface area contributed by atoms with Gasteiger partial charge in [-0.1, -0.05) is 46.5 Å². The highest BCUT2D eigenvalue weighted by atomic mass is 16.2. The summed E-state index contributed by atoms with van der Waals surface area (Å²) in [7, 11) is 0. The molecule has 0 saturated heterocycles. The minimum absolute atomic E-state index is 0.376. The zero-order chi connectivity index (χ0) is 18.4. The highest BCUT2D eigenvalue weighted by molar-refractivity contribution is 5.09. The second-order valence-corrected chi connectivity index (χ2v) is 11.3. The fraction of sp³-hybridized carbons (Fsp3) is 1.00. The molecule has 0 bridgehead atoms. The van der Waals surface area contributed by atoms with Crippen LogP contribution in [0.2, 0.25) is 0 Å². The number of unbranched alkanes of at least 4 members (excludes halogenated alkanes) is 1. The Bertz CT molecular complexity index is 487. The van der Waals surface area contributed by atoms with Gasteiger partial charge < -0.3 is 5.11 Å². The van der Waals surface area contributed by atoms with Crippen molar-refractivity contribution in [1.29, 1.82) is 0 Å². The molecule has 1 N–H and O–H groups in total. The Kier molecular flexibility index (Phi) is 5.50. The summed E-state index contributed by atoms with van der Waals surface area (Å²) in [5, 5.41) is 9.13. The molecule has 0 aliphatic heterocycles. The van der Waals surface area contributed by atoms with Crippen LogP contribution in [-0.4, -0.2) is 11.7 Å². The molecule has 4 aliphatic carbocycles. The Hall–Kier alpha value is -0.0400. The molecule has 26 heavy (non-hydrogen) atoms. The van der Waals surface area contributed by atoms with E-state index in [1.54, 1.807) is 12.8 Å². The van der Waals surface area contributed by atoms with Gasteiger partial charge in [-0.15, -0.1) is 0 Å². The monoisotopic (exact) mass is 360 g/mol. The first-order chi connectivity index (χ1) is 12.5. The van der Waals surface area contributed by atoms with Crippen molar-refractivity contribution in [3.05, 3.63) is 0 Å². The predicted octanol–water partition coefficient (Wildman–Crippen LogP) is 6.83. The van der Waals surface area contributed by atoms with Crippen molar-refractivity contribution < 1.29 is 5.11 Å². The lowest BCUT2D eigenvalue weighted by Gasteiger charge is -2.61. The summed E-state index contributed by atoms with van der Waals surface area (Å²) in [6.07, 6.45) is 18.8. The third-order valence-corrected chi connectivity index (χ3v) is 10.4. The summed E-state index contributed by atoms with van der Waals surface area (Å²) in [4.78, 5) is 0. The van der Waals surface area contributed by atoms with Gasteiger partial charge in [0, 0.05) is 6.61 Å². The quantitative estimate of drug-likeness (QED) is 0.532. The summed E-state index contributed by atoms with van der Waals surface area (Å²) >= 11 is 0. The summed E-state index contributed by atoms with van der Waals surface area (Å²) in [5.74, 6) is 5.97. The van der Waals surface area contributed by atoms with E-state index in [9.17, 15) is 0 Å². The fourth-order valence-corrected chi connectivity index (χ4v) is 9.05. The van der Waals surface area contributed by atoms with Crippen LogP contribution in [-0.2, 0) is 0 Å². The third kappa shape index (κ3) is 2.99. The van der Waals surface area contributed by atoms with Gasteiger partial charge in [0.05, 0.1) is 0 Å². The minimum atomic E-state index is 0.376. The summed E-state index contributed by atoms with van der Waals surface area (Å²) in [6.45, 7) is 8.31. The first-order valence-electron chi connectivity index (χ1n) is 12.1. The van der Waals surface area contributed by atoms with Crippen molar-refractivity contribution in [1.82, 2.24) is 0 Å². The lowest BCUT2D eigenvalue weighted by molar-refractivity contribution is -0.114. The zero-order valence-electron chi connectivity index (χ0n) is 17.8. The van der Waals surface area contributed by atoms with Crippen molar-refractivity contribution in [2.75, 3.05) is 6.61 Å². The van der Waals surface area contributed by atoms with Gasteiger partial charge in [-0.05, 0) is 104 Å². The molecule has 4 aliphatic rings. The van der Waals surface area contributed by atoms with Crippen LogP contribution in [0.4, 0.5) is 0 Å². The average Bonchev–Trinajstić information content (AvgIpc) is 2.98. The van der Waals surface area contributed by atoms with Gasteiger partial charge in [0.15, 0.2) is 0 Å². The van der Waals surface area contributed by atoms with Crippen molar-refractivity contribution in [3.8, 4) is 0 Å². The van der Waals surface area contributed by atoms with E-state index < -0.39 is 0 Å². The predicted molar refractivity (Wildman–Crippen MR) is 110 cm³/mol. The fourth-order valence-electron chi connectivity index (χ4n) is 9.05. The number of rotatable bonds is 5. The van der Waals surface area contributed by atoms with Crippen LogP contribution < -0.4 is 0 Å². The number of hydrogen-bond acceptors (Lipinski definition) is 1. The molecular formula is C25H44O. The van der Waals surface area contributed by atoms with Crippen LogP contribution in [0.1, 0.15) is 104 Å². The molecule has 4 rings (SSSR count). The van der Waals surface area contributed by atoms with Crippen LogP contribution in [0.3, 0.4) is 0 Å². The van der Waals surface area contributed by atoms with Gasteiger partial charge in [0.25, 0.3) is 0 Å². The zero-order valence-corrected chi connectivity index (χ0v) is 17.8. The van der Waals surface area contributed by atoms with Crippen LogP contribution in [0.15, 0.2) is 0 Å². The Balaban J connectivity index is 1.49. The molecule has 4 fully saturated rings. The second kappa shape index (κ2) is 7.41. The number of fused-ring (bicyclic) bond motifs is 5.